The summed E-state index contributed by atoms with van der Waals surface area (Å²) in [5.41, 5.74) is 3.34. The quantitative estimate of drug-likeness (QED) is 0.300. The molecule has 156 valence electrons. The Hall–Kier alpha value is -2.90. The summed E-state index contributed by atoms with van der Waals surface area (Å²) < 4.78 is 9.55. The van der Waals surface area contributed by atoms with Crippen LogP contribution in [0.3, 0.4) is 0 Å². The second-order valence-corrected chi connectivity index (χ2v) is 8.69. The number of nitrogens with zero attached hydrogens (tertiary/aromatic N) is 2. The maximum Gasteiger partial charge on any atom is 0.255 e. The van der Waals surface area contributed by atoms with Gasteiger partial charge in [-0.25, -0.2) is 0 Å². The number of para-hydroxylation sites is 1. The number of anilines is 1. The van der Waals surface area contributed by atoms with Gasteiger partial charge in [0.05, 0.1) is 22.9 Å². The summed E-state index contributed by atoms with van der Waals surface area (Å²) in [4.78, 5) is 12.6. The lowest BCUT2D eigenvalue weighted by atomic mass is 10.1. The zero-order chi connectivity index (χ0) is 21.6. The van der Waals surface area contributed by atoms with Crippen LogP contribution < -0.4 is 10.1 Å². The van der Waals surface area contributed by atoms with Crippen molar-refractivity contribution in [2.24, 2.45) is 0 Å². The van der Waals surface area contributed by atoms with E-state index in [-0.39, 0.29) is 5.91 Å². The molecule has 1 N–H and O–H groups in total. The molecule has 1 heterocycles. The van der Waals surface area contributed by atoms with Crippen LogP contribution in [0.5, 0.6) is 5.75 Å². The van der Waals surface area contributed by atoms with Gasteiger partial charge >= 0.3 is 0 Å². The normalized spacial score (nSPS) is 10.6. The third-order valence-corrected chi connectivity index (χ3v) is 5.78. The molecular formula is C24H19Br2N3O2. The second kappa shape index (κ2) is 9.94. The number of benzene rings is 3. The van der Waals surface area contributed by atoms with Crippen LogP contribution in [0, 0.1) is 0 Å². The first-order chi connectivity index (χ1) is 15.1. The fourth-order valence-corrected chi connectivity index (χ4v) is 3.63. The second-order valence-electron chi connectivity index (χ2n) is 6.92. The van der Waals surface area contributed by atoms with Crippen LogP contribution in [0.2, 0.25) is 0 Å². The van der Waals surface area contributed by atoms with Crippen molar-refractivity contribution in [2.75, 3.05) is 5.32 Å². The lowest BCUT2D eigenvalue weighted by molar-refractivity contribution is 0.102. The number of carbonyl (C=O) groups excluding carboxylic acids is 1. The van der Waals surface area contributed by atoms with Crippen molar-refractivity contribution in [3.05, 3.63) is 111 Å². The first kappa shape index (κ1) is 21.3. The number of carbonyl (C=O) groups is 1. The lowest BCUT2D eigenvalue weighted by Gasteiger charge is -2.09. The van der Waals surface area contributed by atoms with E-state index in [9.17, 15) is 4.79 Å². The minimum absolute atomic E-state index is 0.179. The summed E-state index contributed by atoms with van der Waals surface area (Å²) in [5.74, 6) is 0.603. The van der Waals surface area contributed by atoms with E-state index in [1.165, 1.54) is 0 Å². The minimum atomic E-state index is -0.179. The van der Waals surface area contributed by atoms with Gasteiger partial charge in [0.25, 0.3) is 5.91 Å². The van der Waals surface area contributed by atoms with Crippen molar-refractivity contribution >= 4 is 43.5 Å². The average molecular weight is 541 g/mol. The van der Waals surface area contributed by atoms with E-state index in [2.05, 4.69) is 42.3 Å². The van der Waals surface area contributed by atoms with Gasteiger partial charge in [-0.1, -0.05) is 52.3 Å². The molecule has 1 amide bonds. The van der Waals surface area contributed by atoms with E-state index in [0.717, 1.165) is 25.8 Å². The first-order valence-corrected chi connectivity index (χ1v) is 11.2. The molecule has 0 spiro atoms. The molecule has 0 radical (unpaired) electrons. The fraction of sp³-hybridized carbons (Fsp3) is 0.0833. The smallest absolute Gasteiger partial charge is 0.255 e. The van der Waals surface area contributed by atoms with Gasteiger partial charge in [-0.05, 0) is 63.5 Å². The van der Waals surface area contributed by atoms with E-state index < -0.39 is 0 Å². The van der Waals surface area contributed by atoms with E-state index in [1.807, 2.05) is 66.9 Å². The van der Waals surface area contributed by atoms with Crippen molar-refractivity contribution in [3.8, 4) is 5.75 Å². The highest BCUT2D eigenvalue weighted by Crippen LogP contribution is 2.24. The fourth-order valence-electron chi connectivity index (χ4n) is 2.97. The molecule has 5 nitrogen and oxygen atoms in total. The topological polar surface area (TPSA) is 56.2 Å². The molecule has 0 saturated heterocycles. The number of rotatable bonds is 7. The van der Waals surface area contributed by atoms with E-state index in [1.54, 1.807) is 23.0 Å². The summed E-state index contributed by atoms with van der Waals surface area (Å²) in [6, 6.07) is 23.1. The van der Waals surface area contributed by atoms with Gasteiger partial charge in [-0.15, -0.1) is 0 Å². The number of hydrogen-bond acceptors (Lipinski definition) is 3. The largest absolute Gasteiger partial charge is 0.488 e. The van der Waals surface area contributed by atoms with Gasteiger partial charge in [0, 0.05) is 16.2 Å². The van der Waals surface area contributed by atoms with Crippen molar-refractivity contribution < 1.29 is 9.53 Å². The van der Waals surface area contributed by atoms with Gasteiger partial charge in [0.2, 0.25) is 0 Å². The van der Waals surface area contributed by atoms with Gasteiger partial charge in [0.15, 0.2) is 0 Å². The highest BCUT2D eigenvalue weighted by Gasteiger charge is 2.09. The third kappa shape index (κ3) is 5.83. The third-order valence-electron chi connectivity index (χ3n) is 4.60. The molecular weight excluding hydrogens is 522 g/mol. The van der Waals surface area contributed by atoms with Crippen molar-refractivity contribution in [1.82, 2.24) is 9.78 Å². The van der Waals surface area contributed by atoms with E-state index in [4.69, 9.17) is 4.74 Å². The molecule has 31 heavy (non-hydrogen) atoms. The zero-order valence-electron chi connectivity index (χ0n) is 16.5. The van der Waals surface area contributed by atoms with Crippen LogP contribution in [-0.2, 0) is 13.2 Å². The summed E-state index contributed by atoms with van der Waals surface area (Å²) in [7, 11) is 0. The predicted molar refractivity (Wildman–Crippen MR) is 128 cm³/mol. The van der Waals surface area contributed by atoms with Gasteiger partial charge < -0.3 is 10.1 Å². The number of hydrogen-bond donors (Lipinski definition) is 1. The molecule has 4 aromatic rings. The molecule has 3 aromatic carbocycles. The Bertz CT molecular complexity index is 1170. The van der Waals surface area contributed by atoms with E-state index >= 15 is 0 Å². The molecule has 7 heteroatoms. The first-order valence-electron chi connectivity index (χ1n) is 9.61. The van der Waals surface area contributed by atoms with Crippen LogP contribution in [0.1, 0.15) is 21.5 Å². The zero-order valence-corrected chi connectivity index (χ0v) is 19.6. The molecule has 0 unspecified atom stereocenters. The average Bonchev–Trinajstić information content (AvgIpc) is 3.22. The summed E-state index contributed by atoms with van der Waals surface area (Å²) >= 11 is 6.90. The highest BCUT2D eigenvalue weighted by molar-refractivity contribution is 9.10. The summed E-state index contributed by atoms with van der Waals surface area (Å²) in [5, 5.41) is 7.22. The van der Waals surface area contributed by atoms with Gasteiger partial charge in [0.1, 0.15) is 12.4 Å². The molecule has 0 atom stereocenters. The number of ether oxygens (including phenoxy) is 1. The highest BCUT2D eigenvalue weighted by atomic mass is 79.9. The van der Waals surface area contributed by atoms with Crippen molar-refractivity contribution in [3.63, 3.8) is 0 Å². The Morgan fingerprint density at radius 2 is 1.65 bits per heavy atom. The van der Waals surface area contributed by atoms with Gasteiger partial charge in [-0.3, -0.25) is 9.48 Å². The predicted octanol–water partition coefficient (Wildman–Crippen LogP) is 6.29. The van der Waals surface area contributed by atoms with Crippen LogP contribution >= 0.6 is 31.9 Å². The van der Waals surface area contributed by atoms with Crippen LogP contribution in [0.4, 0.5) is 5.69 Å². The monoisotopic (exact) mass is 539 g/mol. The Morgan fingerprint density at radius 1 is 0.935 bits per heavy atom. The summed E-state index contributed by atoms with van der Waals surface area (Å²) in [6.45, 7) is 1.06. The van der Waals surface area contributed by atoms with Crippen LogP contribution in [0.15, 0.2) is 94.1 Å². The molecule has 0 aliphatic rings. The molecule has 4 rings (SSSR count). The number of aromatic nitrogens is 2. The SMILES string of the molecule is O=C(Nc1cnn(Cc2ccc(Br)cc2)c1)c1ccc(COc2ccccc2Br)cc1. The Labute approximate surface area is 197 Å². The molecule has 0 bridgehead atoms. The molecule has 0 fully saturated rings. The molecule has 0 aliphatic heterocycles. The lowest BCUT2D eigenvalue weighted by Crippen LogP contribution is -2.11. The van der Waals surface area contributed by atoms with Crippen molar-refractivity contribution in [2.45, 2.75) is 13.2 Å². The molecule has 1 aromatic heterocycles. The number of halogens is 2. The number of amides is 1. The Kier molecular flexibility index (Phi) is 6.84. The standard InChI is InChI=1S/C24H19Br2N3O2/c25-20-11-7-17(8-12-20)14-29-15-21(13-27-29)28-24(30)19-9-5-18(6-10-19)16-31-23-4-2-1-3-22(23)26/h1-13,15H,14,16H2,(H,28,30). The maximum absolute atomic E-state index is 12.6. The Morgan fingerprint density at radius 3 is 2.39 bits per heavy atom. The number of nitrogens with one attached hydrogen (secondary N) is 1. The van der Waals surface area contributed by atoms with Crippen LogP contribution in [-0.4, -0.2) is 15.7 Å². The van der Waals surface area contributed by atoms with Crippen molar-refractivity contribution in [1.29, 1.82) is 0 Å². The Balaban J connectivity index is 1.33. The molecule has 0 saturated carbocycles. The summed E-state index contributed by atoms with van der Waals surface area (Å²) in [6.07, 6.45) is 3.47. The maximum atomic E-state index is 12.6. The molecule has 0 aliphatic carbocycles. The van der Waals surface area contributed by atoms with Crippen LogP contribution in [0.25, 0.3) is 0 Å². The van der Waals surface area contributed by atoms with E-state index in [0.29, 0.717) is 24.4 Å². The van der Waals surface area contributed by atoms with Gasteiger partial charge in [-0.2, -0.15) is 5.10 Å². The minimum Gasteiger partial charge on any atom is -0.488 e.